The van der Waals surface area contributed by atoms with E-state index in [4.69, 9.17) is 14.6 Å². The van der Waals surface area contributed by atoms with E-state index in [9.17, 15) is 5.11 Å². The van der Waals surface area contributed by atoms with E-state index >= 15 is 0 Å². The smallest absolute Gasteiger partial charge is 0.123 e. The fourth-order valence-electron chi connectivity index (χ4n) is 2.08. The molecule has 2 N–H and O–H groups in total. The van der Waals surface area contributed by atoms with Crippen molar-refractivity contribution in [2.24, 2.45) is 0 Å². The van der Waals surface area contributed by atoms with Gasteiger partial charge >= 0.3 is 0 Å². The predicted molar refractivity (Wildman–Crippen MR) is 81.2 cm³/mol. The van der Waals surface area contributed by atoms with Crippen molar-refractivity contribution in [1.29, 1.82) is 0 Å². The van der Waals surface area contributed by atoms with Gasteiger partial charge in [-0.3, -0.25) is 4.90 Å². The first-order valence-electron chi connectivity index (χ1n) is 6.73. The molecule has 0 fully saturated rings. The van der Waals surface area contributed by atoms with Crippen LogP contribution in [0.1, 0.15) is 11.1 Å². The Morgan fingerprint density at radius 1 is 1.33 bits per heavy atom. The number of methoxy groups -OCH3 is 2. The SMILES string of the molecule is COCC(O)CN(C)Cc1cc(C#CCO)ccc1OC. The fourth-order valence-corrected chi connectivity index (χ4v) is 2.08. The maximum Gasteiger partial charge on any atom is 0.123 e. The highest BCUT2D eigenvalue weighted by molar-refractivity contribution is 5.44. The molecule has 5 heteroatoms. The van der Waals surface area contributed by atoms with Gasteiger partial charge in [0.2, 0.25) is 0 Å². The molecule has 1 unspecified atom stereocenters. The van der Waals surface area contributed by atoms with E-state index in [1.54, 1.807) is 14.2 Å². The molecule has 0 aromatic heterocycles. The molecule has 0 spiro atoms. The van der Waals surface area contributed by atoms with Crippen LogP contribution < -0.4 is 4.74 Å². The molecule has 0 amide bonds. The minimum atomic E-state index is -0.525. The molecule has 0 saturated carbocycles. The Kier molecular flexibility index (Phi) is 7.80. The minimum absolute atomic E-state index is 0.162. The minimum Gasteiger partial charge on any atom is -0.496 e. The van der Waals surface area contributed by atoms with Crippen molar-refractivity contribution >= 4 is 0 Å². The predicted octanol–water partition coefficient (Wildman–Crippen LogP) is 0.478. The number of ether oxygens (including phenoxy) is 2. The highest BCUT2D eigenvalue weighted by Crippen LogP contribution is 2.21. The largest absolute Gasteiger partial charge is 0.496 e. The third-order valence-electron chi connectivity index (χ3n) is 2.91. The van der Waals surface area contributed by atoms with Crippen molar-refractivity contribution < 1.29 is 19.7 Å². The van der Waals surface area contributed by atoms with Gasteiger partial charge in [0.1, 0.15) is 12.4 Å². The van der Waals surface area contributed by atoms with Gasteiger partial charge in [-0.1, -0.05) is 11.8 Å². The summed E-state index contributed by atoms with van der Waals surface area (Å²) in [5.74, 6) is 6.28. The van der Waals surface area contributed by atoms with Crippen molar-refractivity contribution in [3.63, 3.8) is 0 Å². The van der Waals surface area contributed by atoms with Crippen LogP contribution in [0.2, 0.25) is 0 Å². The van der Waals surface area contributed by atoms with Gasteiger partial charge in [0.15, 0.2) is 0 Å². The second kappa shape index (κ2) is 9.37. The third kappa shape index (κ3) is 6.15. The fraction of sp³-hybridized carbons (Fsp3) is 0.500. The Morgan fingerprint density at radius 3 is 2.71 bits per heavy atom. The van der Waals surface area contributed by atoms with Gasteiger partial charge < -0.3 is 19.7 Å². The van der Waals surface area contributed by atoms with Crippen molar-refractivity contribution in [1.82, 2.24) is 4.90 Å². The zero-order chi connectivity index (χ0) is 15.7. The topological polar surface area (TPSA) is 62.2 Å². The lowest BCUT2D eigenvalue weighted by Crippen LogP contribution is -2.31. The summed E-state index contributed by atoms with van der Waals surface area (Å²) in [6, 6.07) is 5.64. The Labute approximate surface area is 126 Å². The summed E-state index contributed by atoms with van der Waals surface area (Å²) in [5.41, 5.74) is 1.81. The van der Waals surface area contributed by atoms with Crippen LogP contribution in [0.3, 0.4) is 0 Å². The Balaban J connectivity index is 2.79. The van der Waals surface area contributed by atoms with Crippen molar-refractivity contribution in [2.75, 3.05) is 41.0 Å². The van der Waals surface area contributed by atoms with Gasteiger partial charge in [-0.2, -0.15) is 0 Å². The third-order valence-corrected chi connectivity index (χ3v) is 2.91. The second-order valence-electron chi connectivity index (χ2n) is 4.79. The molecule has 0 radical (unpaired) electrons. The summed E-state index contributed by atoms with van der Waals surface area (Å²) in [7, 11) is 5.11. The van der Waals surface area contributed by atoms with Gasteiger partial charge in [0.05, 0.1) is 19.8 Å². The lowest BCUT2D eigenvalue weighted by atomic mass is 10.1. The molecule has 0 bridgehead atoms. The average molecular weight is 293 g/mol. The van der Waals surface area contributed by atoms with Crippen molar-refractivity contribution in [3.05, 3.63) is 29.3 Å². The maximum atomic E-state index is 9.75. The number of aliphatic hydroxyl groups excluding tert-OH is 2. The zero-order valence-electron chi connectivity index (χ0n) is 12.8. The van der Waals surface area contributed by atoms with Crippen molar-refractivity contribution in [2.45, 2.75) is 12.6 Å². The molecule has 0 heterocycles. The van der Waals surface area contributed by atoms with E-state index in [0.717, 1.165) is 16.9 Å². The number of rotatable bonds is 7. The first-order valence-corrected chi connectivity index (χ1v) is 6.73. The van der Waals surface area contributed by atoms with Gasteiger partial charge in [-0.05, 0) is 25.2 Å². The van der Waals surface area contributed by atoms with Gasteiger partial charge in [0, 0.05) is 31.3 Å². The summed E-state index contributed by atoms with van der Waals surface area (Å²) < 4.78 is 10.3. The second-order valence-corrected chi connectivity index (χ2v) is 4.79. The van der Waals surface area contributed by atoms with Gasteiger partial charge in [-0.15, -0.1) is 0 Å². The molecule has 1 aromatic rings. The molecular weight excluding hydrogens is 270 g/mol. The Hall–Kier alpha value is -1.58. The molecule has 0 aliphatic carbocycles. The summed E-state index contributed by atoms with van der Waals surface area (Å²) in [6.07, 6.45) is -0.525. The molecular formula is C16H23NO4. The quantitative estimate of drug-likeness (QED) is 0.716. The Bertz CT molecular complexity index is 493. The number of hydrogen-bond donors (Lipinski definition) is 2. The van der Waals surface area contributed by atoms with Gasteiger partial charge in [0.25, 0.3) is 0 Å². The van der Waals surface area contributed by atoms with E-state index in [1.165, 1.54) is 0 Å². The number of benzene rings is 1. The summed E-state index contributed by atoms with van der Waals surface area (Å²) in [4.78, 5) is 1.99. The molecule has 5 nitrogen and oxygen atoms in total. The number of hydrogen-bond acceptors (Lipinski definition) is 5. The molecule has 1 aromatic carbocycles. The molecule has 1 rings (SSSR count). The summed E-state index contributed by atoms with van der Waals surface area (Å²) >= 11 is 0. The molecule has 0 aliphatic heterocycles. The van der Waals surface area contributed by atoms with Gasteiger partial charge in [-0.25, -0.2) is 0 Å². The number of nitrogens with zero attached hydrogens (tertiary/aromatic N) is 1. The standard InChI is InChI=1S/C16H23NO4/c1-17(11-15(19)12-20-2)10-14-9-13(5-4-8-18)6-7-16(14)21-3/h6-7,9,15,18-19H,8,10-12H2,1-3H3. The first kappa shape index (κ1) is 17.5. The van der Waals surface area contributed by atoms with E-state index in [-0.39, 0.29) is 6.61 Å². The van der Waals surface area contributed by atoms with Crippen LogP contribution in [0.4, 0.5) is 0 Å². The maximum absolute atomic E-state index is 9.75. The van der Waals surface area contributed by atoms with Crippen LogP contribution in [0.25, 0.3) is 0 Å². The van der Waals surface area contributed by atoms with Crippen LogP contribution in [0, 0.1) is 11.8 Å². The molecule has 1 atom stereocenters. The lowest BCUT2D eigenvalue weighted by molar-refractivity contribution is 0.0417. The zero-order valence-corrected chi connectivity index (χ0v) is 12.8. The van der Waals surface area contributed by atoms with E-state index in [1.807, 2.05) is 30.1 Å². The van der Waals surface area contributed by atoms with E-state index in [0.29, 0.717) is 19.7 Å². The first-order chi connectivity index (χ1) is 10.1. The van der Waals surface area contributed by atoms with Crippen LogP contribution in [0.5, 0.6) is 5.75 Å². The number of aliphatic hydroxyl groups is 2. The average Bonchev–Trinajstić information content (AvgIpc) is 2.45. The highest BCUT2D eigenvalue weighted by Gasteiger charge is 2.11. The summed E-state index contributed by atoms with van der Waals surface area (Å²) in [6.45, 7) is 1.27. The number of likely N-dealkylation sites (N-methyl/N-ethyl adjacent to an activating group) is 1. The Morgan fingerprint density at radius 2 is 2.10 bits per heavy atom. The van der Waals surface area contributed by atoms with Crippen LogP contribution in [-0.4, -0.2) is 62.2 Å². The summed E-state index contributed by atoms with van der Waals surface area (Å²) in [5, 5.41) is 18.5. The normalized spacial score (nSPS) is 11.9. The highest BCUT2D eigenvalue weighted by atomic mass is 16.5. The van der Waals surface area contributed by atoms with E-state index < -0.39 is 6.10 Å². The van der Waals surface area contributed by atoms with Crippen LogP contribution in [0.15, 0.2) is 18.2 Å². The van der Waals surface area contributed by atoms with Crippen LogP contribution in [-0.2, 0) is 11.3 Å². The van der Waals surface area contributed by atoms with Crippen LogP contribution >= 0.6 is 0 Å². The van der Waals surface area contributed by atoms with Crippen molar-refractivity contribution in [3.8, 4) is 17.6 Å². The molecule has 21 heavy (non-hydrogen) atoms. The molecule has 0 saturated heterocycles. The lowest BCUT2D eigenvalue weighted by Gasteiger charge is -2.21. The molecule has 116 valence electrons. The monoisotopic (exact) mass is 293 g/mol. The molecule has 0 aliphatic rings. The van der Waals surface area contributed by atoms with E-state index in [2.05, 4.69) is 11.8 Å².